The van der Waals surface area contributed by atoms with E-state index >= 15 is 0 Å². The van der Waals surface area contributed by atoms with E-state index in [0.717, 1.165) is 0 Å². The number of nitrogens with two attached hydrogens (primary N) is 1. The Morgan fingerprint density at radius 1 is 1.10 bits per heavy atom. The van der Waals surface area contributed by atoms with E-state index in [1.54, 1.807) is 24.3 Å². The summed E-state index contributed by atoms with van der Waals surface area (Å²) in [6, 6.07) is 9.43. The van der Waals surface area contributed by atoms with E-state index in [9.17, 15) is 13.2 Å². The van der Waals surface area contributed by atoms with Crippen LogP contribution in [0.1, 0.15) is 5.56 Å². The van der Waals surface area contributed by atoms with Gasteiger partial charge >= 0.3 is 5.76 Å². The molecule has 0 aliphatic carbocycles. The number of ether oxygens (including phenoxy) is 2. The minimum atomic E-state index is -3.79. The Morgan fingerprint density at radius 3 is 2.38 bits per heavy atom. The van der Waals surface area contributed by atoms with Gasteiger partial charge in [-0.1, -0.05) is 12.1 Å². The summed E-state index contributed by atoms with van der Waals surface area (Å²) in [5, 5.41) is 5.79. The van der Waals surface area contributed by atoms with E-state index in [2.05, 4.69) is 4.98 Å². The molecule has 0 aliphatic heterocycles. The first-order chi connectivity index (χ1) is 13.8. The fourth-order valence-corrected chi connectivity index (χ4v) is 3.71. The number of aromatic nitrogens is 2. The molecular formula is C19H17N3O6S. The lowest BCUT2D eigenvalue weighted by Gasteiger charge is -2.10. The number of nitrogens with zero attached hydrogens (tertiary/aromatic N) is 2. The van der Waals surface area contributed by atoms with E-state index in [1.807, 2.05) is 0 Å². The average Bonchev–Trinajstić information content (AvgIpc) is 3.02. The van der Waals surface area contributed by atoms with Gasteiger partial charge in [0, 0.05) is 11.5 Å². The zero-order chi connectivity index (χ0) is 20.8. The summed E-state index contributed by atoms with van der Waals surface area (Å²) in [6.45, 7) is 0.171. The second-order valence-electron chi connectivity index (χ2n) is 6.34. The first-order valence-corrected chi connectivity index (χ1v) is 10.0. The molecule has 4 rings (SSSR count). The third-order valence-corrected chi connectivity index (χ3v) is 5.52. The van der Waals surface area contributed by atoms with Crippen LogP contribution in [0.3, 0.4) is 0 Å². The normalized spacial score (nSPS) is 11.8. The molecule has 0 atom stereocenters. The molecule has 2 aromatic carbocycles. The summed E-state index contributed by atoms with van der Waals surface area (Å²) in [4.78, 5) is 16.8. The summed E-state index contributed by atoms with van der Waals surface area (Å²) in [6.07, 6.45) is 1.48. The van der Waals surface area contributed by atoms with Gasteiger partial charge in [-0.3, -0.25) is 9.55 Å². The van der Waals surface area contributed by atoms with Crippen molar-refractivity contribution < 1.29 is 22.3 Å². The van der Waals surface area contributed by atoms with Crippen molar-refractivity contribution in [3.63, 3.8) is 0 Å². The smallest absolute Gasteiger partial charge is 0.420 e. The van der Waals surface area contributed by atoms with Crippen molar-refractivity contribution in [1.29, 1.82) is 0 Å². The average molecular weight is 415 g/mol. The number of hydrogen-bond acceptors (Lipinski definition) is 7. The number of fused-ring (bicyclic) bond motifs is 3. The molecule has 0 aliphatic rings. The van der Waals surface area contributed by atoms with Crippen molar-refractivity contribution in [3.8, 4) is 11.5 Å². The molecule has 0 spiro atoms. The molecule has 4 aromatic rings. The maximum atomic E-state index is 12.5. The molecular weight excluding hydrogens is 398 g/mol. The highest BCUT2D eigenvalue weighted by atomic mass is 32.2. The molecule has 0 unspecified atom stereocenters. The fourth-order valence-electron chi connectivity index (χ4n) is 3.19. The van der Waals surface area contributed by atoms with Crippen molar-refractivity contribution >= 4 is 32.0 Å². The quantitative estimate of drug-likeness (QED) is 0.527. The van der Waals surface area contributed by atoms with Gasteiger partial charge in [-0.2, -0.15) is 0 Å². The molecule has 10 heteroatoms. The number of methoxy groups -OCH3 is 2. The molecule has 0 fully saturated rings. The first kappa shape index (κ1) is 19.0. The molecule has 29 heavy (non-hydrogen) atoms. The van der Waals surface area contributed by atoms with Gasteiger partial charge in [-0.05, 0) is 23.8 Å². The summed E-state index contributed by atoms with van der Waals surface area (Å²) in [5.41, 5.74) is 2.19. The third kappa shape index (κ3) is 3.32. The van der Waals surface area contributed by atoms with Gasteiger partial charge in [0.25, 0.3) is 0 Å². The van der Waals surface area contributed by atoms with Crippen molar-refractivity contribution in [3.05, 3.63) is 58.7 Å². The summed E-state index contributed by atoms with van der Waals surface area (Å²) in [7, 11) is -0.739. The van der Waals surface area contributed by atoms with Gasteiger partial charge in [0.1, 0.15) is 5.52 Å². The molecule has 0 bridgehead atoms. The standard InChI is InChI=1S/C19H17N3O6S/c1-26-15-7-13-14(8-16(15)27-2)21-9-17-18(13)22(19(23)28-17)10-11-3-5-12(6-4-11)29(20,24)25/h3-9H,10H2,1-2H3,(H2,20,24,25). The molecule has 9 nitrogen and oxygen atoms in total. The Balaban J connectivity index is 1.89. The Bertz CT molecular complexity index is 1390. The van der Waals surface area contributed by atoms with Crippen LogP contribution in [0.2, 0.25) is 0 Å². The number of hydrogen-bond donors (Lipinski definition) is 1. The second-order valence-corrected chi connectivity index (χ2v) is 7.90. The van der Waals surface area contributed by atoms with Crippen LogP contribution in [0.25, 0.3) is 22.0 Å². The monoisotopic (exact) mass is 415 g/mol. The summed E-state index contributed by atoms with van der Waals surface area (Å²) in [5.74, 6) is 0.453. The minimum Gasteiger partial charge on any atom is -0.493 e. The zero-order valence-electron chi connectivity index (χ0n) is 15.6. The summed E-state index contributed by atoms with van der Waals surface area (Å²) < 4.78 is 40.3. The molecule has 150 valence electrons. The molecule has 0 saturated carbocycles. The lowest BCUT2D eigenvalue weighted by molar-refractivity contribution is 0.356. The largest absolute Gasteiger partial charge is 0.493 e. The number of sulfonamides is 1. The number of primary sulfonamides is 1. The highest BCUT2D eigenvalue weighted by molar-refractivity contribution is 7.89. The third-order valence-electron chi connectivity index (χ3n) is 4.59. The van der Waals surface area contributed by atoms with Crippen LogP contribution < -0.4 is 20.4 Å². The molecule has 2 N–H and O–H groups in total. The Kier molecular flexibility index (Phi) is 4.52. The lowest BCUT2D eigenvalue weighted by Crippen LogP contribution is -2.15. The Morgan fingerprint density at radius 2 is 1.76 bits per heavy atom. The fraction of sp³-hybridized carbons (Fsp3) is 0.158. The van der Waals surface area contributed by atoms with Crippen molar-refractivity contribution in [2.45, 2.75) is 11.4 Å². The van der Waals surface area contributed by atoms with Crippen LogP contribution in [0.15, 0.2) is 56.7 Å². The highest BCUT2D eigenvalue weighted by Gasteiger charge is 2.17. The zero-order valence-corrected chi connectivity index (χ0v) is 16.4. The lowest BCUT2D eigenvalue weighted by atomic mass is 10.1. The van der Waals surface area contributed by atoms with Gasteiger partial charge in [0.15, 0.2) is 17.1 Å². The van der Waals surface area contributed by atoms with Crippen LogP contribution in [0, 0.1) is 0 Å². The molecule has 2 heterocycles. The number of benzene rings is 2. The molecule has 0 radical (unpaired) electrons. The number of pyridine rings is 1. The van der Waals surface area contributed by atoms with Crippen molar-refractivity contribution in [1.82, 2.24) is 9.55 Å². The van der Waals surface area contributed by atoms with E-state index in [0.29, 0.717) is 39.1 Å². The first-order valence-electron chi connectivity index (χ1n) is 8.47. The van der Waals surface area contributed by atoms with Crippen LogP contribution in [-0.4, -0.2) is 32.2 Å². The second kappa shape index (κ2) is 6.90. The maximum Gasteiger partial charge on any atom is 0.420 e. The van der Waals surface area contributed by atoms with E-state index < -0.39 is 15.8 Å². The Labute approximate surface area is 165 Å². The van der Waals surface area contributed by atoms with E-state index in [1.165, 1.54) is 37.1 Å². The van der Waals surface area contributed by atoms with Crippen molar-refractivity contribution in [2.24, 2.45) is 5.14 Å². The van der Waals surface area contributed by atoms with Gasteiger partial charge in [-0.15, -0.1) is 0 Å². The van der Waals surface area contributed by atoms with Gasteiger partial charge in [-0.25, -0.2) is 18.4 Å². The summed E-state index contributed by atoms with van der Waals surface area (Å²) >= 11 is 0. The number of rotatable bonds is 5. The number of oxazole rings is 1. The predicted octanol–water partition coefficient (Wildman–Crippen LogP) is 1.86. The van der Waals surface area contributed by atoms with E-state index in [-0.39, 0.29) is 11.4 Å². The van der Waals surface area contributed by atoms with Gasteiger partial charge < -0.3 is 13.9 Å². The molecule has 0 saturated heterocycles. The SMILES string of the molecule is COc1cc2ncc3oc(=O)n(Cc4ccc(S(N)(=O)=O)cc4)c3c2cc1OC. The van der Waals surface area contributed by atoms with Gasteiger partial charge in [0.05, 0.1) is 37.4 Å². The maximum absolute atomic E-state index is 12.5. The topological polar surface area (TPSA) is 127 Å². The van der Waals surface area contributed by atoms with Gasteiger partial charge in [0.2, 0.25) is 10.0 Å². The molecule has 0 amide bonds. The van der Waals surface area contributed by atoms with Crippen LogP contribution in [0.4, 0.5) is 0 Å². The van der Waals surface area contributed by atoms with Crippen molar-refractivity contribution in [2.75, 3.05) is 14.2 Å². The van der Waals surface area contributed by atoms with Crippen LogP contribution in [-0.2, 0) is 16.6 Å². The van der Waals surface area contributed by atoms with Crippen LogP contribution >= 0.6 is 0 Å². The Hall–Kier alpha value is -3.37. The van der Waals surface area contributed by atoms with Crippen LogP contribution in [0.5, 0.6) is 11.5 Å². The predicted molar refractivity (Wildman–Crippen MR) is 106 cm³/mol. The minimum absolute atomic E-state index is 0.00266. The van der Waals surface area contributed by atoms with E-state index in [4.69, 9.17) is 19.0 Å². The highest BCUT2D eigenvalue weighted by Crippen LogP contribution is 2.34. The molecule has 2 aromatic heterocycles.